The molecule has 0 atom stereocenters. The van der Waals surface area contributed by atoms with Crippen LogP contribution in [0.1, 0.15) is 19.8 Å². The Morgan fingerprint density at radius 1 is 1.43 bits per heavy atom. The molecule has 0 aliphatic carbocycles. The summed E-state index contributed by atoms with van der Waals surface area (Å²) in [6, 6.07) is 5.03. The number of nitrogens with zero attached hydrogens (tertiary/aromatic N) is 3. The van der Waals surface area contributed by atoms with Gasteiger partial charge in [-0.2, -0.15) is 4.98 Å². The molecule has 2 aromatic rings. The van der Waals surface area contributed by atoms with Crippen molar-refractivity contribution in [3.05, 3.63) is 28.3 Å². The van der Waals surface area contributed by atoms with Gasteiger partial charge in [-0.25, -0.2) is 0 Å². The minimum atomic E-state index is -0.424. The second kappa shape index (κ2) is 5.00. The summed E-state index contributed by atoms with van der Waals surface area (Å²) in [6.07, 6.45) is 2.00. The molecule has 0 saturated carbocycles. The van der Waals surface area contributed by atoms with E-state index in [0.29, 0.717) is 17.1 Å². The average molecular weight is 290 g/mol. The van der Waals surface area contributed by atoms with Crippen LogP contribution >= 0.6 is 0 Å². The first kappa shape index (κ1) is 13.8. The molecule has 1 aromatic carbocycles. The first-order chi connectivity index (χ1) is 10.0. The third-order valence-corrected chi connectivity index (χ3v) is 4.31. The molecule has 7 heteroatoms. The van der Waals surface area contributed by atoms with Crippen LogP contribution in [0, 0.1) is 10.1 Å². The van der Waals surface area contributed by atoms with E-state index < -0.39 is 4.92 Å². The zero-order valence-electron chi connectivity index (χ0n) is 12.1. The lowest BCUT2D eigenvalue weighted by Crippen LogP contribution is -2.50. The molecule has 0 bridgehead atoms. The summed E-state index contributed by atoms with van der Waals surface area (Å²) in [7, 11) is 1.98. The Balaban J connectivity index is 1.83. The SMILES string of the molecule is CNC1(C)CCN(c2nc3cc([N+](=O)[O-])ccc3o2)CC1. The van der Waals surface area contributed by atoms with Crippen LogP contribution in [-0.4, -0.2) is 35.6 Å². The highest BCUT2D eigenvalue weighted by atomic mass is 16.6. The van der Waals surface area contributed by atoms with E-state index in [1.807, 2.05) is 7.05 Å². The van der Waals surface area contributed by atoms with E-state index in [1.165, 1.54) is 12.1 Å². The van der Waals surface area contributed by atoms with Crippen LogP contribution in [0.3, 0.4) is 0 Å². The molecule has 1 fully saturated rings. The number of anilines is 1. The molecule has 1 aliphatic heterocycles. The van der Waals surface area contributed by atoms with Crippen LogP contribution in [0.2, 0.25) is 0 Å². The molecule has 0 amide bonds. The van der Waals surface area contributed by atoms with Gasteiger partial charge in [0.15, 0.2) is 5.58 Å². The van der Waals surface area contributed by atoms with E-state index >= 15 is 0 Å². The lowest BCUT2D eigenvalue weighted by atomic mass is 9.90. The predicted octanol–water partition coefficient (Wildman–Crippen LogP) is 2.31. The Morgan fingerprint density at radius 2 is 2.14 bits per heavy atom. The first-order valence-electron chi connectivity index (χ1n) is 7.00. The molecule has 0 spiro atoms. The molecule has 2 heterocycles. The molecule has 112 valence electrons. The number of hydrogen-bond donors (Lipinski definition) is 1. The quantitative estimate of drug-likeness (QED) is 0.689. The number of benzene rings is 1. The zero-order valence-corrected chi connectivity index (χ0v) is 12.1. The summed E-state index contributed by atoms with van der Waals surface area (Å²) in [5, 5.41) is 14.1. The Bertz CT molecular complexity index is 674. The van der Waals surface area contributed by atoms with E-state index in [4.69, 9.17) is 4.42 Å². The number of nitrogens with one attached hydrogen (secondary N) is 1. The van der Waals surface area contributed by atoms with Crippen LogP contribution in [-0.2, 0) is 0 Å². The molecule has 0 unspecified atom stereocenters. The standard InChI is InChI=1S/C14H18N4O3/c1-14(15-2)5-7-17(8-6-14)13-16-11-9-10(18(19)20)3-4-12(11)21-13/h3-4,9,15H,5-8H2,1-2H3. The van der Waals surface area contributed by atoms with Crippen molar-refractivity contribution < 1.29 is 9.34 Å². The fourth-order valence-electron chi connectivity index (χ4n) is 2.59. The van der Waals surface area contributed by atoms with Crippen molar-refractivity contribution in [2.45, 2.75) is 25.3 Å². The second-order valence-corrected chi connectivity index (χ2v) is 5.70. The molecular weight excluding hydrogens is 272 g/mol. The Morgan fingerprint density at radius 3 is 2.76 bits per heavy atom. The van der Waals surface area contributed by atoms with Crippen molar-refractivity contribution >= 4 is 22.8 Å². The molecule has 1 aliphatic rings. The monoisotopic (exact) mass is 290 g/mol. The maximum absolute atomic E-state index is 10.8. The smallest absolute Gasteiger partial charge is 0.298 e. The number of rotatable bonds is 3. The van der Waals surface area contributed by atoms with Crippen molar-refractivity contribution in [2.24, 2.45) is 0 Å². The summed E-state index contributed by atoms with van der Waals surface area (Å²) in [5.74, 6) is 0. The molecule has 1 N–H and O–H groups in total. The van der Waals surface area contributed by atoms with Crippen LogP contribution in [0.25, 0.3) is 11.1 Å². The van der Waals surface area contributed by atoms with Crippen molar-refractivity contribution in [3.8, 4) is 0 Å². The van der Waals surface area contributed by atoms with Gasteiger partial charge in [-0.15, -0.1) is 0 Å². The van der Waals surface area contributed by atoms with Crippen molar-refractivity contribution in [1.82, 2.24) is 10.3 Å². The molecule has 0 radical (unpaired) electrons. The van der Waals surface area contributed by atoms with Crippen LogP contribution in [0.5, 0.6) is 0 Å². The van der Waals surface area contributed by atoms with E-state index in [0.717, 1.165) is 25.9 Å². The number of nitro benzene ring substituents is 1. The number of non-ortho nitro benzene ring substituents is 1. The fraction of sp³-hybridized carbons (Fsp3) is 0.500. The molecule has 1 saturated heterocycles. The van der Waals surface area contributed by atoms with Gasteiger partial charge in [0.05, 0.1) is 4.92 Å². The summed E-state index contributed by atoms with van der Waals surface area (Å²) in [6.45, 7) is 3.91. The third kappa shape index (κ3) is 2.56. The predicted molar refractivity (Wildman–Crippen MR) is 79.6 cm³/mol. The van der Waals surface area contributed by atoms with Crippen LogP contribution < -0.4 is 10.2 Å². The first-order valence-corrected chi connectivity index (χ1v) is 7.00. The van der Waals surface area contributed by atoms with Gasteiger partial charge in [-0.1, -0.05) is 0 Å². The van der Waals surface area contributed by atoms with Gasteiger partial charge in [0.25, 0.3) is 11.7 Å². The fourth-order valence-corrected chi connectivity index (χ4v) is 2.59. The maximum atomic E-state index is 10.8. The normalized spacial score (nSPS) is 18.1. The van der Waals surface area contributed by atoms with Crippen molar-refractivity contribution in [2.75, 3.05) is 25.0 Å². The molecular formula is C14H18N4O3. The number of oxazole rings is 1. The van der Waals surface area contributed by atoms with Gasteiger partial charge in [0.2, 0.25) is 0 Å². The zero-order chi connectivity index (χ0) is 15.0. The Labute approximate surface area is 122 Å². The number of fused-ring (bicyclic) bond motifs is 1. The van der Waals surface area contributed by atoms with Crippen LogP contribution in [0.4, 0.5) is 11.7 Å². The number of hydrogen-bond acceptors (Lipinski definition) is 6. The maximum Gasteiger partial charge on any atom is 0.298 e. The number of nitro groups is 1. The van der Waals surface area contributed by atoms with Gasteiger partial charge in [0, 0.05) is 30.8 Å². The molecule has 1 aromatic heterocycles. The van der Waals surface area contributed by atoms with Crippen molar-refractivity contribution in [1.29, 1.82) is 0 Å². The highest BCUT2D eigenvalue weighted by Crippen LogP contribution is 2.29. The van der Waals surface area contributed by atoms with E-state index in [2.05, 4.69) is 22.1 Å². The minimum Gasteiger partial charge on any atom is -0.423 e. The summed E-state index contributed by atoms with van der Waals surface area (Å²) < 4.78 is 5.72. The number of piperidine rings is 1. The highest BCUT2D eigenvalue weighted by Gasteiger charge is 2.30. The van der Waals surface area contributed by atoms with Crippen molar-refractivity contribution in [3.63, 3.8) is 0 Å². The summed E-state index contributed by atoms with van der Waals surface area (Å²) in [4.78, 5) is 16.8. The second-order valence-electron chi connectivity index (χ2n) is 5.70. The molecule has 21 heavy (non-hydrogen) atoms. The average Bonchev–Trinajstić information content (AvgIpc) is 2.90. The minimum absolute atomic E-state index is 0.0313. The van der Waals surface area contributed by atoms with Gasteiger partial charge in [-0.3, -0.25) is 10.1 Å². The summed E-state index contributed by atoms with van der Waals surface area (Å²) in [5.41, 5.74) is 1.30. The Kier molecular flexibility index (Phi) is 3.29. The van der Waals surface area contributed by atoms with Gasteiger partial charge >= 0.3 is 0 Å². The van der Waals surface area contributed by atoms with E-state index in [1.54, 1.807) is 6.07 Å². The van der Waals surface area contributed by atoms with Crippen LogP contribution in [0.15, 0.2) is 22.6 Å². The van der Waals surface area contributed by atoms with E-state index in [9.17, 15) is 10.1 Å². The van der Waals surface area contributed by atoms with E-state index in [-0.39, 0.29) is 11.2 Å². The highest BCUT2D eigenvalue weighted by molar-refractivity contribution is 5.77. The van der Waals surface area contributed by atoms with Gasteiger partial charge in [0.1, 0.15) is 5.52 Å². The molecule has 3 rings (SSSR count). The largest absolute Gasteiger partial charge is 0.423 e. The molecule has 7 nitrogen and oxygen atoms in total. The lowest BCUT2D eigenvalue weighted by Gasteiger charge is -2.38. The van der Waals surface area contributed by atoms with Gasteiger partial charge in [-0.05, 0) is 32.9 Å². The third-order valence-electron chi connectivity index (χ3n) is 4.31. The summed E-state index contributed by atoms with van der Waals surface area (Å²) >= 11 is 0. The lowest BCUT2D eigenvalue weighted by molar-refractivity contribution is -0.384. The van der Waals surface area contributed by atoms with Gasteiger partial charge < -0.3 is 14.6 Å². The number of aromatic nitrogens is 1. The Hall–Kier alpha value is -2.15. The topological polar surface area (TPSA) is 84.4 Å².